The van der Waals surface area contributed by atoms with Crippen molar-refractivity contribution in [1.82, 2.24) is 20.5 Å². The van der Waals surface area contributed by atoms with E-state index >= 15 is 0 Å². The predicted molar refractivity (Wildman–Crippen MR) is 89.9 cm³/mol. The van der Waals surface area contributed by atoms with E-state index in [0.29, 0.717) is 31.8 Å². The van der Waals surface area contributed by atoms with Crippen LogP contribution in [0.5, 0.6) is 0 Å². The molecule has 0 aliphatic carbocycles. The smallest absolute Gasteiger partial charge is 0.237 e. The van der Waals surface area contributed by atoms with E-state index in [1.54, 1.807) is 17.5 Å². The Hall–Kier alpha value is -1.12. The second-order valence-corrected chi connectivity index (χ2v) is 7.04. The highest BCUT2D eigenvalue weighted by atomic mass is 32.2. The zero-order valence-electron chi connectivity index (χ0n) is 12.9. The Morgan fingerprint density at radius 3 is 3.00 bits per heavy atom. The van der Waals surface area contributed by atoms with Crippen molar-refractivity contribution < 1.29 is 9.59 Å². The lowest BCUT2D eigenvalue weighted by atomic mass is 10.1. The van der Waals surface area contributed by atoms with Crippen molar-refractivity contribution >= 4 is 34.9 Å². The number of likely N-dealkylation sites (N-methyl/N-ethyl adjacent to an activating group) is 1. The van der Waals surface area contributed by atoms with Gasteiger partial charge in [-0.25, -0.2) is 4.98 Å². The molecule has 122 valence electrons. The van der Waals surface area contributed by atoms with Crippen molar-refractivity contribution in [2.24, 2.45) is 0 Å². The lowest BCUT2D eigenvalue weighted by molar-refractivity contribution is -0.125. The third-order valence-corrected chi connectivity index (χ3v) is 4.83. The molecule has 6 nitrogen and oxygen atoms in total. The topological polar surface area (TPSA) is 74.3 Å². The minimum absolute atomic E-state index is 0.0206. The summed E-state index contributed by atoms with van der Waals surface area (Å²) < 4.78 is 0. The first kappa shape index (κ1) is 17.2. The Balaban J connectivity index is 2.00. The largest absolute Gasteiger partial charge is 0.355 e. The van der Waals surface area contributed by atoms with Gasteiger partial charge in [-0.3, -0.25) is 14.5 Å². The van der Waals surface area contributed by atoms with Crippen molar-refractivity contribution in [2.45, 2.75) is 32.0 Å². The maximum atomic E-state index is 12.3. The fourth-order valence-corrected chi connectivity index (χ4v) is 3.64. The molecule has 2 atom stereocenters. The number of nitrogens with one attached hydrogen (secondary N) is 2. The van der Waals surface area contributed by atoms with Crippen LogP contribution < -0.4 is 10.6 Å². The van der Waals surface area contributed by atoms with Gasteiger partial charge >= 0.3 is 0 Å². The van der Waals surface area contributed by atoms with Gasteiger partial charge in [-0.05, 0) is 19.6 Å². The molecule has 0 saturated carbocycles. The first-order valence-electron chi connectivity index (χ1n) is 7.32. The van der Waals surface area contributed by atoms with Crippen LogP contribution >= 0.6 is 23.1 Å². The quantitative estimate of drug-likeness (QED) is 0.763. The zero-order valence-corrected chi connectivity index (χ0v) is 14.5. The van der Waals surface area contributed by atoms with E-state index in [9.17, 15) is 9.59 Å². The summed E-state index contributed by atoms with van der Waals surface area (Å²) in [5.74, 6) is 0.512. The molecule has 1 aromatic rings. The minimum Gasteiger partial charge on any atom is -0.355 e. The van der Waals surface area contributed by atoms with Crippen molar-refractivity contribution in [3.8, 4) is 0 Å². The number of nitrogens with zero attached hydrogens (tertiary/aromatic N) is 2. The van der Waals surface area contributed by atoms with E-state index in [1.165, 1.54) is 11.8 Å². The number of rotatable bonds is 7. The first-order valence-corrected chi connectivity index (χ1v) is 9.59. The van der Waals surface area contributed by atoms with Gasteiger partial charge < -0.3 is 10.6 Å². The van der Waals surface area contributed by atoms with Gasteiger partial charge in [0.2, 0.25) is 11.8 Å². The van der Waals surface area contributed by atoms with Crippen LogP contribution in [0.15, 0.2) is 11.6 Å². The fraction of sp³-hybridized carbons (Fsp3) is 0.643. The molecule has 2 amide bonds. The van der Waals surface area contributed by atoms with Gasteiger partial charge in [0.15, 0.2) is 0 Å². The molecular weight excluding hydrogens is 320 g/mol. The van der Waals surface area contributed by atoms with Gasteiger partial charge in [0.25, 0.3) is 0 Å². The SMILES string of the molecule is CCNC(=O)[C@@H]1C[C@H](NC(=O)CSC)CN1Cc1nccs1. The van der Waals surface area contributed by atoms with Crippen LogP contribution in [0.1, 0.15) is 18.4 Å². The third-order valence-electron chi connectivity index (χ3n) is 3.52. The van der Waals surface area contributed by atoms with E-state index in [0.717, 1.165) is 5.01 Å². The number of carbonyl (C=O) groups excluding carboxylic acids is 2. The average molecular weight is 342 g/mol. The molecule has 0 spiro atoms. The molecule has 0 bridgehead atoms. The van der Waals surface area contributed by atoms with Gasteiger partial charge in [-0.1, -0.05) is 0 Å². The van der Waals surface area contributed by atoms with Crippen molar-refractivity contribution in [3.05, 3.63) is 16.6 Å². The van der Waals surface area contributed by atoms with Gasteiger partial charge in [0.1, 0.15) is 5.01 Å². The standard InChI is InChI=1S/C14H22N4O2S2/c1-3-15-14(20)11-6-10(17-12(19)9-21-2)7-18(11)8-13-16-4-5-22-13/h4-5,10-11H,3,6-9H2,1-2H3,(H,15,20)(H,17,19)/t10-,11-/m0/s1. The molecule has 2 N–H and O–H groups in total. The Bertz CT molecular complexity index is 495. The maximum absolute atomic E-state index is 12.3. The molecular formula is C14H22N4O2S2. The van der Waals surface area contributed by atoms with E-state index in [-0.39, 0.29) is 23.9 Å². The number of hydrogen-bond donors (Lipinski definition) is 2. The molecule has 8 heteroatoms. The van der Waals surface area contributed by atoms with Crippen LogP contribution in [0.2, 0.25) is 0 Å². The van der Waals surface area contributed by atoms with Crippen molar-refractivity contribution in [2.75, 3.05) is 25.1 Å². The monoisotopic (exact) mass is 342 g/mol. The van der Waals surface area contributed by atoms with Crippen LogP contribution in [-0.4, -0.2) is 58.9 Å². The van der Waals surface area contributed by atoms with Gasteiger partial charge in [0.05, 0.1) is 18.3 Å². The lowest BCUT2D eigenvalue weighted by Gasteiger charge is -2.22. The van der Waals surface area contributed by atoms with E-state index < -0.39 is 0 Å². The average Bonchev–Trinajstić information content (AvgIpc) is 3.10. The van der Waals surface area contributed by atoms with Gasteiger partial charge in [0, 0.05) is 30.7 Å². The molecule has 1 aliphatic heterocycles. The molecule has 1 aliphatic rings. The second-order valence-electron chi connectivity index (χ2n) is 5.20. The Morgan fingerprint density at radius 1 is 1.55 bits per heavy atom. The normalized spacial score (nSPS) is 21.7. The summed E-state index contributed by atoms with van der Waals surface area (Å²) in [6.07, 6.45) is 4.33. The summed E-state index contributed by atoms with van der Waals surface area (Å²) in [7, 11) is 0. The van der Waals surface area contributed by atoms with Crippen LogP contribution in [0.3, 0.4) is 0 Å². The van der Waals surface area contributed by atoms with Crippen LogP contribution in [0.25, 0.3) is 0 Å². The van der Waals surface area contributed by atoms with E-state index in [4.69, 9.17) is 0 Å². The molecule has 1 aromatic heterocycles. The summed E-state index contributed by atoms with van der Waals surface area (Å²) >= 11 is 3.08. The molecule has 0 aromatic carbocycles. The highest BCUT2D eigenvalue weighted by Gasteiger charge is 2.37. The van der Waals surface area contributed by atoms with Crippen molar-refractivity contribution in [1.29, 1.82) is 0 Å². The highest BCUT2D eigenvalue weighted by molar-refractivity contribution is 7.99. The van der Waals surface area contributed by atoms with Gasteiger partial charge in [-0.2, -0.15) is 11.8 Å². The summed E-state index contributed by atoms with van der Waals surface area (Å²) in [6.45, 7) is 3.86. The summed E-state index contributed by atoms with van der Waals surface area (Å²) in [4.78, 5) is 30.4. The molecule has 2 rings (SSSR count). The first-order chi connectivity index (χ1) is 10.6. The Kier molecular flexibility index (Phi) is 6.66. The number of likely N-dealkylation sites (tertiary alicyclic amines) is 1. The molecule has 1 fully saturated rings. The molecule has 1 saturated heterocycles. The molecule has 0 unspecified atom stereocenters. The zero-order chi connectivity index (χ0) is 15.9. The number of hydrogen-bond acceptors (Lipinski definition) is 6. The van der Waals surface area contributed by atoms with E-state index in [1.807, 2.05) is 18.6 Å². The highest BCUT2D eigenvalue weighted by Crippen LogP contribution is 2.22. The molecule has 2 heterocycles. The van der Waals surface area contributed by atoms with Gasteiger partial charge in [-0.15, -0.1) is 11.3 Å². The predicted octanol–water partition coefficient (Wildman–Crippen LogP) is 0.701. The second kappa shape index (κ2) is 8.50. The van der Waals surface area contributed by atoms with Crippen LogP contribution in [0, 0.1) is 0 Å². The van der Waals surface area contributed by atoms with Crippen LogP contribution in [-0.2, 0) is 16.1 Å². The maximum Gasteiger partial charge on any atom is 0.237 e. The van der Waals surface area contributed by atoms with Crippen molar-refractivity contribution in [3.63, 3.8) is 0 Å². The molecule has 0 radical (unpaired) electrons. The summed E-state index contributed by atoms with van der Waals surface area (Å²) in [5, 5.41) is 8.83. The number of amides is 2. The Morgan fingerprint density at radius 2 is 2.36 bits per heavy atom. The Labute approximate surface area is 139 Å². The van der Waals surface area contributed by atoms with E-state index in [2.05, 4.69) is 20.5 Å². The molecule has 22 heavy (non-hydrogen) atoms. The summed E-state index contributed by atoms with van der Waals surface area (Å²) in [6, 6.07) is -0.185. The third kappa shape index (κ3) is 4.69. The van der Waals surface area contributed by atoms with Crippen LogP contribution in [0.4, 0.5) is 0 Å². The number of aromatic nitrogens is 1. The summed E-state index contributed by atoms with van der Waals surface area (Å²) in [5.41, 5.74) is 0. The lowest BCUT2D eigenvalue weighted by Crippen LogP contribution is -2.42. The minimum atomic E-state index is -0.205. The number of thiazole rings is 1. The number of carbonyl (C=O) groups is 2. The fourth-order valence-electron chi connectivity index (χ4n) is 2.65. The number of thioether (sulfide) groups is 1.